The molecule has 12 aromatic rings. The molecule has 0 aliphatic rings. The lowest BCUT2D eigenvalue weighted by Gasteiger charge is -2.26. The number of hydrogen-bond donors (Lipinski definition) is 0. The van der Waals surface area contributed by atoms with Crippen molar-refractivity contribution in [3.63, 3.8) is 0 Å². The molecule has 1 aromatic heterocycles. The first-order valence-corrected chi connectivity index (χ1v) is 22.6. The molecule has 310 valence electrons. The summed E-state index contributed by atoms with van der Waals surface area (Å²) in [4.78, 5) is 2.35. The molecule has 0 aliphatic carbocycles. The number of para-hydroxylation sites is 1. The van der Waals surface area contributed by atoms with Gasteiger partial charge in [-0.1, -0.05) is 200 Å². The zero-order valence-electron chi connectivity index (χ0n) is 36.2. The van der Waals surface area contributed by atoms with E-state index in [0.717, 1.165) is 56.0 Å². The molecule has 0 unspecified atom stereocenters. The van der Waals surface area contributed by atoms with Crippen LogP contribution < -0.4 is 4.90 Å². The summed E-state index contributed by atoms with van der Waals surface area (Å²) in [5.41, 5.74) is 17.1. The average molecular weight is 842 g/mol. The third-order valence-corrected chi connectivity index (χ3v) is 12.9. The highest BCUT2D eigenvalue weighted by atomic mass is 16.3. The van der Waals surface area contributed by atoms with Crippen molar-refractivity contribution < 1.29 is 4.42 Å². The van der Waals surface area contributed by atoms with Gasteiger partial charge >= 0.3 is 0 Å². The van der Waals surface area contributed by atoms with Crippen LogP contribution in [0.1, 0.15) is 0 Å². The maximum atomic E-state index is 6.19. The Kier molecular flexibility index (Phi) is 9.89. The number of furan rings is 1. The highest BCUT2D eigenvalue weighted by molar-refractivity contribution is 6.08. The number of anilines is 3. The second-order valence-electron chi connectivity index (χ2n) is 16.9. The van der Waals surface area contributed by atoms with Crippen molar-refractivity contribution >= 4 is 49.6 Å². The largest absolute Gasteiger partial charge is 0.456 e. The summed E-state index contributed by atoms with van der Waals surface area (Å²) in [6.45, 7) is 0. The molecular weight excluding hydrogens is 799 g/mol. The predicted molar refractivity (Wildman–Crippen MR) is 279 cm³/mol. The van der Waals surface area contributed by atoms with Crippen molar-refractivity contribution in [3.05, 3.63) is 261 Å². The van der Waals surface area contributed by atoms with Gasteiger partial charge in [-0.25, -0.2) is 0 Å². The number of rotatable bonds is 9. The zero-order chi connectivity index (χ0) is 43.8. The fraction of sp³-hybridized carbons (Fsp3) is 0. The van der Waals surface area contributed by atoms with E-state index in [4.69, 9.17) is 4.42 Å². The summed E-state index contributed by atoms with van der Waals surface area (Å²) >= 11 is 0. The minimum absolute atomic E-state index is 0.878. The molecule has 0 bridgehead atoms. The lowest BCUT2D eigenvalue weighted by Crippen LogP contribution is -2.09. The Bertz CT molecular complexity index is 3630. The van der Waals surface area contributed by atoms with Crippen molar-refractivity contribution in [2.24, 2.45) is 0 Å². The number of nitrogens with zero attached hydrogens (tertiary/aromatic N) is 1. The maximum absolute atomic E-state index is 6.19. The molecule has 11 aromatic carbocycles. The van der Waals surface area contributed by atoms with Gasteiger partial charge in [-0.15, -0.1) is 0 Å². The zero-order valence-corrected chi connectivity index (χ0v) is 36.2. The molecule has 0 N–H and O–H groups in total. The Labute approximate surface area is 384 Å². The molecule has 0 atom stereocenters. The fourth-order valence-electron chi connectivity index (χ4n) is 9.47. The second-order valence-corrected chi connectivity index (χ2v) is 16.9. The van der Waals surface area contributed by atoms with Gasteiger partial charge in [0, 0.05) is 28.0 Å². The molecule has 2 heteroatoms. The van der Waals surface area contributed by atoms with Crippen LogP contribution in [0.3, 0.4) is 0 Å². The number of benzene rings is 11. The van der Waals surface area contributed by atoms with Gasteiger partial charge in [-0.2, -0.15) is 0 Å². The molecular formula is C64H43NO. The highest BCUT2D eigenvalue weighted by Crippen LogP contribution is 2.40. The Morgan fingerprint density at radius 2 is 0.682 bits per heavy atom. The molecule has 12 rings (SSSR count). The minimum atomic E-state index is 0.878. The van der Waals surface area contributed by atoms with Crippen molar-refractivity contribution in [2.45, 2.75) is 0 Å². The van der Waals surface area contributed by atoms with Gasteiger partial charge in [0.05, 0.1) is 0 Å². The van der Waals surface area contributed by atoms with Crippen LogP contribution in [0.5, 0.6) is 0 Å². The number of hydrogen-bond acceptors (Lipinski definition) is 2. The van der Waals surface area contributed by atoms with Gasteiger partial charge in [0.1, 0.15) is 11.3 Å². The molecule has 1 heterocycles. The standard InChI is InChI=1S/C64H43NO/c1-2-11-48(12-3-1)59-18-7-8-19-61(59)50-31-38-58(39-32-50)65(57-36-29-47(30-37-57)52-33-40-62-53(41-52)26-25-49-13-4-6-17-60(49)62)56-34-27-45(28-35-56)44-21-23-46(24-22-44)51-15-10-16-54(42-51)64-43-55-14-5-9-20-63(55)66-64/h1-43H. The van der Waals surface area contributed by atoms with Crippen LogP contribution >= 0.6 is 0 Å². The molecule has 0 saturated carbocycles. The molecule has 0 fully saturated rings. The molecule has 0 radical (unpaired) electrons. The van der Waals surface area contributed by atoms with Crippen LogP contribution in [0.15, 0.2) is 265 Å². The van der Waals surface area contributed by atoms with E-state index in [1.807, 2.05) is 18.2 Å². The van der Waals surface area contributed by atoms with Crippen LogP contribution in [0.2, 0.25) is 0 Å². The third kappa shape index (κ3) is 7.41. The summed E-state index contributed by atoms with van der Waals surface area (Å²) in [5.74, 6) is 0.878. The van der Waals surface area contributed by atoms with Crippen LogP contribution in [-0.4, -0.2) is 0 Å². The Balaban J connectivity index is 0.862. The maximum Gasteiger partial charge on any atom is 0.135 e. The fourth-order valence-corrected chi connectivity index (χ4v) is 9.47. The smallest absolute Gasteiger partial charge is 0.135 e. The Morgan fingerprint density at radius 1 is 0.242 bits per heavy atom. The quantitative estimate of drug-likeness (QED) is 0.135. The van der Waals surface area contributed by atoms with Gasteiger partial charge in [0.2, 0.25) is 0 Å². The molecule has 0 saturated heterocycles. The monoisotopic (exact) mass is 841 g/mol. The van der Waals surface area contributed by atoms with E-state index >= 15 is 0 Å². The van der Waals surface area contributed by atoms with E-state index in [1.165, 1.54) is 60.5 Å². The molecule has 66 heavy (non-hydrogen) atoms. The minimum Gasteiger partial charge on any atom is -0.456 e. The molecule has 2 nitrogen and oxygen atoms in total. The van der Waals surface area contributed by atoms with Crippen LogP contribution in [-0.2, 0) is 0 Å². The van der Waals surface area contributed by atoms with Crippen molar-refractivity contribution in [1.29, 1.82) is 0 Å². The predicted octanol–water partition coefficient (Wildman–Crippen LogP) is 18.2. The average Bonchev–Trinajstić information content (AvgIpc) is 3.84. The number of fused-ring (bicyclic) bond motifs is 4. The summed E-state index contributed by atoms with van der Waals surface area (Å²) in [6, 6.07) is 93.8. The van der Waals surface area contributed by atoms with Crippen LogP contribution in [0.25, 0.3) is 99.5 Å². The van der Waals surface area contributed by atoms with Crippen molar-refractivity contribution in [2.75, 3.05) is 4.90 Å². The van der Waals surface area contributed by atoms with Crippen molar-refractivity contribution in [1.82, 2.24) is 0 Å². The van der Waals surface area contributed by atoms with Gasteiger partial charge in [0.25, 0.3) is 0 Å². The van der Waals surface area contributed by atoms with E-state index in [-0.39, 0.29) is 0 Å². The lowest BCUT2D eigenvalue weighted by molar-refractivity contribution is 0.631. The summed E-state index contributed by atoms with van der Waals surface area (Å²) in [6.07, 6.45) is 0. The van der Waals surface area contributed by atoms with Gasteiger partial charge in [-0.05, 0) is 138 Å². The first-order chi connectivity index (χ1) is 32.7. The van der Waals surface area contributed by atoms with E-state index in [9.17, 15) is 0 Å². The van der Waals surface area contributed by atoms with E-state index in [0.29, 0.717) is 0 Å². The topological polar surface area (TPSA) is 16.4 Å². The summed E-state index contributed by atoms with van der Waals surface area (Å²) < 4.78 is 6.19. The molecule has 0 amide bonds. The second kappa shape index (κ2) is 16.8. The molecule has 0 aliphatic heterocycles. The van der Waals surface area contributed by atoms with Crippen LogP contribution in [0, 0.1) is 0 Å². The summed E-state index contributed by atoms with van der Waals surface area (Å²) in [7, 11) is 0. The Morgan fingerprint density at radius 3 is 1.33 bits per heavy atom. The van der Waals surface area contributed by atoms with Crippen molar-refractivity contribution in [3.8, 4) is 67.0 Å². The van der Waals surface area contributed by atoms with E-state index in [1.54, 1.807) is 0 Å². The highest BCUT2D eigenvalue weighted by Gasteiger charge is 2.16. The lowest BCUT2D eigenvalue weighted by atomic mass is 9.94. The van der Waals surface area contributed by atoms with E-state index in [2.05, 4.69) is 248 Å². The van der Waals surface area contributed by atoms with E-state index < -0.39 is 0 Å². The Hall–Kier alpha value is -8.72. The van der Waals surface area contributed by atoms with Gasteiger partial charge in [-0.3, -0.25) is 0 Å². The van der Waals surface area contributed by atoms with Crippen LogP contribution in [0.4, 0.5) is 17.1 Å². The first kappa shape index (κ1) is 38.9. The SMILES string of the molecule is c1ccc(-c2ccccc2-c2ccc(N(c3ccc(-c4ccc(-c5cccc(-c6cc7ccccc7o6)c5)cc4)cc3)c3ccc(-c4ccc5c(ccc6ccccc65)c4)cc3)cc2)cc1. The molecule has 0 spiro atoms. The normalized spacial score (nSPS) is 11.3. The van der Waals surface area contributed by atoms with Gasteiger partial charge < -0.3 is 9.32 Å². The first-order valence-electron chi connectivity index (χ1n) is 22.6. The third-order valence-electron chi connectivity index (χ3n) is 12.9. The summed E-state index contributed by atoms with van der Waals surface area (Å²) in [5, 5.41) is 6.18. The van der Waals surface area contributed by atoms with Gasteiger partial charge in [0.15, 0.2) is 0 Å².